The van der Waals surface area contributed by atoms with Crippen molar-refractivity contribution in [3.05, 3.63) is 0 Å². The Labute approximate surface area is 66.8 Å². The summed E-state index contributed by atoms with van der Waals surface area (Å²) >= 11 is 4.89. The van der Waals surface area contributed by atoms with Crippen LogP contribution in [0.5, 0.6) is 0 Å². The molecule has 0 radical (unpaired) electrons. The van der Waals surface area contributed by atoms with Crippen molar-refractivity contribution in [1.29, 1.82) is 0 Å². The fraction of sp³-hybridized carbons (Fsp3) is 0.833. The van der Waals surface area contributed by atoms with Gasteiger partial charge in [0.05, 0.1) is 13.3 Å². The van der Waals surface area contributed by atoms with E-state index in [4.69, 9.17) is 12.2 Å². The summed E-state index contributed by atoms with van der Waals surface area (Å²) in [5, 5.41) is 6.90. The maximum absolute atomic E-state index is 4.89. The maximum Gasteiger partial charge on any atom is 0.168 e. The van der Waals surface area contributed by atoms with Crippen LogP contribution < -0.4 is 10.6 Å². The molecule has 1 rings (SSSR count). The molecular weight excluding hydrogens is 146 g/mol. The fourth-order valence-corrected chi connectivity index (χ4v) is 1.09. The Kier molecular flexibility index (Phi) is 2.89. The van der Waals surface area contributed by atoms with E-state index in [1.807, 2.05) is 0 Å². The van der Waals surface area contributed by atoms with Gasteiger partial charge >= 0.3 is 0 Å². The summed E-state index contributed by atoms with van der Waals surface area (Å²) in [6.45, 7) is 5.08. The summed E-state index contributed by atoms with van der Waals surface area (Å²) in [4.78, 5) is 2.27. The molecule has 3 nitrogen and oxygen atoms in total. The van der Waals surface area contributed by atoms with E-state index in [-0.39, 0.29) is 0 Å². The second-order valence-corrected chi connectivity index (χ2v) is 2.80. The van der Waals surface area contributed by atoms with E-state index in [0.717, 1.165) is 25.0 Å². The van der Waals surface area contributed by atoms with Crippen molar-refractivity contribution in [1.82, 2.24) is 15.5 Å². The molecule has 0 bridgehead atoms. The number of nitrogens with one attached hydrogen (secondary N) is 2. The molecule has 1 heterocycles. The minimum atomic E-state index is 0.771. The van der Waals surface area contributed by atoms with Crippen molar-refractivity contribution in [2.75, 3.05) is 19.9 Å². The van der Waals surface area contributed by atoms with Crippen LogP contribution in [0.4, 0.5) is 0 Å². The Morgan fingerprint density at radius 1 is 1.50 bits per heavy atom. The van der Waals surface area contributed by atoms with Crippen LogP contribution in [0.2, 0.25) is 0 Å². The van der Waals surface area contributed by atoms with Gasteiger partial charge in [-0.3, -0.25) is 4.90 Å². The van der Waals surface area contributed by atoms with Gasteiger partial charge in [0, 0.05) is 6.54 Å². The first-order chi connectivity index (χ1) is 4.83. The summed E-state index contributed by atoms with van der Waals surface area (Å²) in [6, 6.07) is 0. The predicted octanol–water partition coefficient (Wildman–Crippen LogP) is 0.0911. The van der Waals surface area contributed by atoms with Gasteiger partial charge in [-0.25, -0.2) is 0 Å². The van der Waals surface area contributed by atoms with Gasteiger partial charge in [0.1, 0.15) is 0 Å². The van der Waals surface area contributed by atoms with Crippen LogP contribution in [0.3, 0.4) is 0 Å². The molecule has 58 valence electrons. The van der Waals surface area contributed by atoms with Crippen LogP contribution in [-0.4, -0.2) is 29.9 Å². The lowest BCUT2D eigenvalue weighted by atomic mass is 10.4. The van der Waals surface area contributed by atoms with E-state index in [1.165, 1.54) is 6.42 Å². The topological polar surface area (TPSA) is 27.3 Å². The van der Waals surface area contributed by atoms with E-state index < -0.39 is 0 Å². The molecular formula is C6H13N3S. The predicted molar refractivity (Wildman–Crippen MR) is 45.6 cm³/mol. The number of hydrogen-bond acceptors (Lipinski definition) is 2. The van der Waals surface area contributed by atoms with Crippen LogP contribution in [0.1, 0.15) is 13.3 Å². The van der Waals surface area contributed by atoms with Gasteiger partial charge < -0.3 is 10.6 Å². The van der Waals surface area contributed by atoms with Gasteiger partial charge in [-0.15, -0.1) is 0 Å². The van der Waals surface area contributed by atoms with E-state index >= 15 is 0 Å². The lowest BCUT2D eigenvalue weighted by Crippen LogP contribution is -2.53. The third-order valence-corrected chi connectivity index (χ3v) is 1.75. The Balaban J connectivity index is 2.19. The van der Waals surface area contributed by atoms with Crippen molar-refractivity contribution < 1.29 is 0 Å². The molecule has 0 amide bonds. The van der Waals surface area contributed by atoms with Crippen LogP contribution in [0, 0.1) is 0 Å². The minimum Gasteiger partial charge on any atom is -0.350 e. The van der Waals surface area contributed by atoms with Gasteiger partial charge in [0.2, 0.25) is 0 Å². The second kappa shape index (κ2) is 3.73. The Morgan fingerprint density at radius 3 is 2.60 bits per heavy atom. The normalized spacial score (nSPS) is 19.9. The summed E-state index contributed by atoms with van der Waals surface area (Å²) in [6.07, 6.45) is 1.19. The van der Waals surface area contributed by atoms with Gasteiger partial charge in [-0.2, -0.15) is 0 Å². The molecule has 10 heavy (non-hydrogen) atoms. The van der Waals surface area contributed by atoms with E-state index in [1.54, 1.807) is 0 Å². The first-order valence-corrected chi connectivity index (χ1v) is 3.98. The van der Waals surface area contributed by atoms with Crippen molar-refractivity contribution in [2.45, 2.75) is 13.3 Å². The molecule has 0 unspecified atom stereocenters. The number of rotatable bonds is 2. The molecule has 0 aromatic carbocycles. The Hall–Kier alpha value is -0.350. The molecule has 0 atom stereocenters. The van der Waals surface area contributed by atoms with E-state index in [0.29, 0.717) is 0 Å². The molecule has 1 fully saturated rings. The maximum atomic E-state index is 4.89. The molecule has 0 aromatic heterocycles. The second-order valence-electron chi connectivity index (χ2n) is 2.39. The number of nitrogens with zero attached hydrogens (tertiary/aromatic N) is 1. The van der Waals surface area contributed by atoms with Gasteiger partial charge in [0.25, 0.3) is 0 Å². The molecule has 4 heteroatoms. The monoisotopic (exact) mass is 159 g/mol. The van der Waals surface area contributed by atoms with Gasteiger partial charge in [-0.05, 0) is 18.6 Å². The highest BCUT2D eigenvalue weighted by Gasteiger charge is 2.08. The fourth-order valence-electron chi connectivity index (χ4n) is 0.960. The highest BCUT2D eigenvalue weighted by Crippen LogP contribution is 1.90. The van der Waals surface area contributed by atoms with Crippen molar-refractivity contribution in [3.63, 3.8) is 0 Å². The van der Waals surface area contributed by atoms with Gasteiger partial charge in [0.15, 0.2) is 5.11 Å². The Morgan fingerprint density at radius 2 is 2.10 bits per heavy atom. The lowest BCUT2D eigenvalue weighted by Gasteiger charge is -2.28. The van der Waals surface area contributed by atoms with Crippen LogP contribution >= 0.6 is 12.2 Å². The quantitative estimate of drug-likeness (QED) is 0.558. The summed E-state index contributed by atoms with van der Waals surface area (Å²) in [5.41, 5.74) is 0. The molecule has 2 N–H and O–H groups in total. The third kappa shape index (κ3) is 2.11. The molecule has 1 aliphatic heterocycles. The highest BCUT2D eigenvalue weighted by molar-refractivity contribution is 7.80. The van der Waals surface area contributed by atoms with Crippen molar-refractivity contribution >= 4 is 17.3 Å². The zero-order valence-electron chi connectivity index (χ0n) is 6.18. The summed E-state index contributed by atoms with van der Waals surface area (Å²) < 4.78 is 0. The smallest absolute Gasteiger partial charge is 0.168 e. The third-order valence-electron chi connectivity index (χ3n) is 1.47. The van der Waals surface area contributed by atoms with E-state index in [9.17, 15) is 0 Å². The lowest BCUT2D eigenvalue weighted by molar-refractivity contribution is 0.245. The zero-order chi connectivity index (χ0) is 7.40. The van der Waals surface area contributed by atoms with Crippen molar-refractivity contribution in [3.8, 4) is 0 Å². The molecule has 0 spiro atoms. The molecule has 0 aliphatic carbocycles. The molecule has 0 aromatic rings. The average molecular weight is 159 g/mol. The highest BCUT2D eigenvalue weighted by atomic mass is 32.1. The molecule has 1 aliphatic rings. The standard InChI is InChI=1S/C6H13N3S/c1-2-3-9-4-7-6(10)8-5-9/h2-5H2,1H3,(H2,7,8,10). The number of hydrogen-bond donors (Lipinski definition) is 2. The first-order valence-electron chi connectivity index (χ1n) is 3.57. The summed E-state index contributed by atoms with van der Waals surface area (Å²) in [7, 11) is 0. The van der Waals surface area contributed by atoms with Crippen molar-refractivity contribution in [2.24, 2.45) is 0 Å². The molecule has 1 saturated heterocycles. The molecule has 0 saturated carbocycles. The first kappa shape index (κ1) is 7.75. The number of thiocarbonyl (C=S) groups is 1. The SMILES string of the molecule is CCCN1CNC(=S)NC1. The minimum absolute atomic E-state index is 0.771. The largest absolute Gasteiger partial charge is 0.350 e. The average Bonchev–Trinajstić information content (AvgIpc) is 1.95. The van der Waals surface area contributed by atoms with Gasteiger partial charge in [-0.1, -0.05) is 6.92 Å². The van der Waals surface area contributed by atoms with Crippen LogP contribution in [0.25, 0.3) is 0 Å². The summed E-state index contributed by atoms with van der Waals surface area (Å²) in [5.74, 6) is 0. The zero-order valence-corrected chi connectivity index (χ0v) is 7.00. The van der Waals surface area contributed by atoms with Crippen LogP contribution in [0.15, 0.2) is 0 Å². The van der Waals surface area contributed by atoms with E-state index in [2.05, 4.69) is 22.5 Å². The Bertz CT molecular complexity index is 116. The van der Waals surface area contributed by atoms with Crippen LogP contribution in [-0.2, 0) is 0 Å².